The molecule has 4 N–H and O–H groups in total. The highest BCUT2D eigenvalue weighted by Crippen LogP contribution is 2.17. The maximum absolute atomic E-state index is 13.7. The fourth-order valence-corrected chi connectivity index (χ4v) is 1.55. The Hall–Kier alpha value is -2.72. The molecule has 1 aromatic carbocycles. The quantitative estimate of drug-likeness (QED) is 0.591. The molecule has 0 amide bonds. The van der Waals surface area contributed by atoms with E-state index in [0.717, 1.165) is 12.1 Å². The van der Waals surface area contributed by atoms with Crippen LogP contribution in [0.15, 0.2) is 24.5 Å². The molecule has 22 heavy (non-hydrogen) atoms. The second kappa shape index (κ2) is 6.83. The second-order valence-corrected chi connectivity index (χ2v) is 4.60. The highest BCUT2D eigenvalue weighted by Gasteiger charge is 2.09. The van der Waals surface area contributed by atoms with Gasteiger partial charge in [-0.25, -0.2) is 18.7 Å². The average molecular weight is 304 g/mol. The Morgan fingerprint density at radius 3 is 2.59 bits per heavy atom. The van der Waals surface area contributed by atoms with E-state index in [0.29, 0.717) is 11.5 Å². The highest BCUT2D eigenvalue weighted by molar-refractivity contribution is 5.51. The fourth-order valence-electron chi connectivity index (χ4n) is 1.55. The van der Waals surface area contributed by atoms with Crippen LogP contribution in [0.3, 0.4) is 0 Å². The topological polar surface area (TPSA) is 84.1 Å². The van der Waals surface area contributed by atoms with E-state index >= 15 is 0 Å². The molecule has 0 aliphatic heterocycles. The predicted octanol–water partition coefficient (Wildman–Crippen LogP) is 1.53. The number of halogens is 2. The number of nitrogens with one attached hydrogen (secondary N) is 1. The van der Waals surface area contributed by atoms with E-state index in [9.17, 15) is 8.78 Å². The van der Waals surface area contributed by atoms with Crippen molar-refractivity contribution in [3.05, 3.63) is 47.3 Å². The number of nitrogens with zero attached hydrogens (tertiary/aromatic N) is 2. The SMILES string of the molecule is C[C@H](CO)Nc1ncc(C#Cc2c(F)ccc(N)c2F)cn1. The molecule has 0 fully saturated rings. The van der Waals surface area contributed by atoms with Crippen molar-refractivity contribution >= 4 is 11.6 Å². The number of aliphatic hydroxyl groups excluding tert-OH is 1. The van der Waals surface area contributed by atoms with E-state index in [2.05, 4.69) is 27.1 Å². The Morgan fingerprint density at radius 2 is 1.95 bits per heavy atom. The molecule has 7 heteroatoms. The molecule has 1 aromatic heterocycles. The van der Waals surface area contributed by atoms with Gasteiger partial charge in [0.2, 0.25) is 5.95 Å². The molecule has 0 spiro atoms. The van der Waals surface area contributed by atoms with Gasteiger partial charge in [0, 0.05) is 18.4 Å². The fraction of sp³-hybridized carbons (Fsp3) is 0.200. The van der Waals surface area contributed by atoms with Crippen LogP contribution in [-0.2, 0) is 0 Å². The van der Waals surface area contributed by atoms with E-state index in [1.807, 2.05) is 0 Å². The lowest BCUT2D eigenvalue weighted by Gasteiger charge is -2.09. The number of hydrogen-bond donors (Lipinski definition) is 3. The number of nitrogen functional groups attached to an aromatic ring is 1. The molecular weight excluding hydrogens is 290 g/mol. The maximum Gasteiger partial charge on any atom is 0.222 e. The number of benzene rings is 1. The van der Waals surface area contributed by atoms with E-state index < -0.39 is 17.2 Å². The molecule has 5 nitrogen and oxygen atoms in total. The third-order valence-corrected chi connectivity index (χ3v) is 2.75. The van der Waals surface area contributed by atoms with Crippen LogP contribution in [-0.4, -0.2) is 27.7 Å². The van der Waals surface area contributed by atoms with Crippen molar-refractivity contribution in [2.45, 2.75) is 13.0 Å². The molecule has 1 atom stereocenters. The molecule has 1 heterocycles. The molecule has 0 saturated heterocycles. The largest absolute Gasteiger partial charge is 0.396 e. The Balaban J connectivity index is 2.21. The maximum atomic E-state index is 13.7. The Bertz CT molecular complexity index is 723. The Morgan fingerprint density at radius 1 is 1.27 bits per heavy atom. The number of anilines is 2. The normalized spacial score (nSPS) is 11.5. The van der Waals surface area contributed by atoms with Crippen molar-refractivity contribution in [1.29, 1.82) is 0 Å². The Labute approximate surface area is 126 Å². The minimum Gasteiger partial charge on any atom is -0.396 e. The molecule has 0 aliphatic carbocycles. The van der Waals surface area contributed by atoms with Gasteiger partial charge in [-0.05, 0) is 19.1 Å². The highest BCUT2D eigenvalue weighted by atomic mass is 19.1. The summed E-state index contributed by atoms with van der Waals surface area (Å²) in [5.41, 5.74) is 5.21. The van der Waals surface area contributed by atoms with Crippen LogP contribution in [0, 0.1) is 23.5 Å². The van der Waals surface area contributed by atoms with E-state index in [-0.39, 0.29) is 18.3 Å². The van der Waals surface area contributed by atoms with Gasteiger partial charge in [0.1, 0.15) is 5.82 Å². The lowest BCUT2D eigenvalue weighted by Crippen LogP contribution is -2.20. The standard InChI is InChI=1S/C15H14F2N4O/c1-9(8-22)21-15-19-6-10(7-20-15)2-3-11-12(16)4-5-13(18)14(11)17/h4-7,9,22H,8,18H2,1H3,(H,19,20,21)/t9-/m1/s1. The van der Waals surface area contributed by atoms with Crippen LogP contribution in [0.25, 0.3) is 0 Å². The van der Waals surface area contributed by atoms with Crippen molar-refractivity contribution < 1.29 is 13.9 Å². The van der Waals surface area contributed by atoms with Crippen molar-refractivity contribution in [1.82, 2.24) is 9.97 Å². The third-order valence-electron chi connectivity index (χ3n) is 2.75. The molecule has 0 saturated carbocycles. The van der Waals surface area contributed by atoms with E-state index in [1.165, 1.54) is 12.4 Å². The number of aromatic nitrogens is 2. The number of hydrogen-bond acceptors (Lipinski definition) is 5. The molecule has 2 aromatic rings. The van der Waals surface area contributed by atoms with Crippen LogP contribution < -0.4 is 11.1 Å². The number of nitrogens with two attached hydrogens (primary N) is 1. The monoisotopic (exact) mass is 304 g/mol. The first kappa shape index (κ1) is 15.7. The summed E-state index contributed by atoms with van der Waals surface area (Å²) in [6.07, 6.45) is 2.82. The van der Waals surface area contributed by atoms with Gasteiger partial charge in [0.05, 0.1) is 23.4 Å². The van der Waals surface area contributed by atoms with Crippen LogP contribution in [0.1, 0.15) is 18.1 Å². The van der Waals surface area contributed by atoms with Gasteiger partial charge in [0.25, 0.3) is 0 Å². The van der Waals surface area contributed by atoms with Crippen LogP contribution in [0.5, 0.6) is 0 Å². The first-order chi connectivity index (χ1) is 10.5. The summed E-state index contributed by atoms with van der Waals surface area (Å²) in [7, 11) is 0. The van der Waals surface area contributed by atoms with Gasteiger partial charge in [0.15, 0.2) is 5.82 Å². The zero-order chi connectivity index (χ0) is 16.1. The molecule has 2 rings (SSSR count). The number of aliphatic hydroxyl groups is 1. The molecule has 0 radical (unpaired) electrons. The second-order valence-electron chi connectivity index (χ2n) is 4.60. The summed E-state index contributed by atoms with van der Waals surface area (Å²) >= 11 is 0. The first-order valence-electron chi connectivity index (χ1n) is 6.46. The summed E-state index contributed by atoms with van der Waals surface area (Å²) in [6, 6.07) is 2.01. The third kappa shape index (κ3) is 3.68. The summed E-state index contributed by atoms with van der Waals surface area (Å²) in [5.74, 6) is 3.63. The zero-order valence-corrected chi connectivity index (χ0v) is 11.8. The molecule has 114 valence electrons. The van der Waals surface area contributed by atoms with Crippen LogP contribution in [0.4, 0.5) is 20.4 Å². The zero-order valence-electron chi connectivity index (χ0n) is 11.8. The lowest BCUT2D eigenvalue weighted by molar-refractivity contribution is 0.281. The molecule has 0 aliphatic rings. The first-order valence-corrected chi connectivity index (χ1v) is 6.46. The van der Waals surface area contributed by atoms with E-state index in [4.69, 9.17) is 10.8 Å². The van der Waals surface area contributed by atoms with Crippen molar-refractivity contribution in [3.8, 4) is 11.8 Å². The molecular formula is C15H14F2N4O. The van der Waals surface area contributed by atoms with Crippen molar-refractivity contribution in [2.24, 2.45) is 0 Å². The minimum atomic E-state index is -0.886. The van der Waals surface area contributed by atoms with Crippen LogP contribution in [0.2, 0.25) is 0 Å². The molecule has 0 bridgehead atoms. The predicted molar refractivity (Wildman–Crippen MR) is 79.0 cm³/mol. The van der Waals surface area contributed by atoms with Crippen molar-refractivity contribution in [3.63, 3.8) is 0 Å². The average Bonchev–Trinajstić information content (AvgIpc) is 2.52. The van der Waals surface area contributed by atoms with E-state index in [1.54, 1.807) is 6.92 Å². The smallest absolute Gasteiger partial charge is 0.222 e. The summed E-state index contributed by atoms with van der Waals surface area (Å²) < 4.78 is 27.2. The minimum absolute atomic E-state index is 0.0566. The van der Waals surface area contributed by atoms with Gasteiger partial charge in [-0.15, -0.1) is 0 Å². The Kier molecular flexibility index (Phi) is 4.86. The molecule has 0 unspecified atom stereocenters. The number of rotatable bonds is 3. The van der Waals surface area contributed by atoms with Gasteiger partial charge in [-0.2, -0.15) is 0 Å². The van der Waals surface area contributed by atoms with Gasteiger partial charge in [-0.1, -0.05) is 11.8 Å². The summed E-state index contributed by atoms with van der Waals surface area (Å²) in [5, 5.41) is 11.8. The summed E-state index contributed by atoms with van der Waals surface area (Å²) in [4.78, 5) is 7.99. The van der Waals surface area contributed by atoms with Crippen LogP contribution >= 0.6 is 0 Å². The lowest BCUT2D eigenvalue weighted by atomic mass is 10.1. The van der Waals surface area contributed by atoms with Crippen molar-refractivity contribution in [2.75, 3.05) is 17.7 Å². The summed E-state index contributed by atoms with van der Waals surface area (Å²) in [6.45, 7) is 1.71. The van der Waals surface area contributed by atoms with Gasteiger partial charge in [-0.3, -0.25) is 0 Å². The van der Waals surface area contributed by atoms with Gasteiger partial charge < -0.3 is 16.2 Å². The van der Waals surface area contributed by atoms with Gasteiger partial charge >= 0.3 is 0 Å².